The minimum atomic E-state index is 0.318. The molecule has 0 spiro atoms. The van der Waals surface area contributed by atoms with Crippen molar-refractivity contribution in [1.82, 2.24) is 15.5 Å². The molecule has 0 amide bonds. The lowest BCUT2D eigenvalue weighted by Crippen LogP contribution is -2.08. The van der Waals surface area contributed by atoms with E-state index >= 15 is 0 Å². The van der Waals surface area contributed by atoms with Crippen molar-refractivity contribution in [1.29, 1.82) is 0 Å². The Morgan fingerprint density at radius 3 is 2.83 bits per heavy atom. The maximum atomic E-state index is 5.79. The predicted octanol–water partition coefficient (Wildman–Crippen LogP) is 1.98. The number of nitrogens with one attached hydrogen (secondary N) is 1. The van der Waals surface area contributed by atoms with Gasteiger partial charge >= 0.3 is 0 Å². The third-order valence-electron chi connectivity index (χ3n) is 2.58. The van der Waals surface area contributed by atoms with Gasteiger partial charge in [0, 0.05) is 19.0 Å². The number of aromatic nitrogens is 2. The molecule has 0 atom stereocenters. The van der Waals surface area contributed by atoms with Crippen molar-refractivity contribution in [3.8, 4) is 5.75 Å². The third kappa shape index (κ3) is 2.87. The van der Waals surface area contributed by atoms with E-state index in [1.165, 1.54) is 0 Å². The minimum Gasteiger partial charge on any atom is -0.485 e. The van der Waals surface area contributed by atoms with Crippen LogP contribution >= 0.6 is 0 Å². The topological polar surface area (TPSA) is 60.2 Å². The van der Waals surface area contributed by atoms with Crippen LogP contribution < -0.4 is 10.1 Å². The normalized spacial score (nSPS) is 10.6. The van der Waals surface area contributed by atoms with Gasteiger partial charge in [0.25, 0.3) is 0 Å². The quantitative estimate of drug-likeness (QED) is 0.875. The maximum Gasteiger partial charge on any atom is 0.223 e. The van der Waals surface area contributed by atoms with Gasteiger partial charge in [-0.05, 0) is 19.5 Å². The second-order valence-corrected chi connectivity index (χ2v) is 4.11. The summed E-state index contributed by atoms with van der Waals surface area (Å²) in [6, 6.07) is 6.09. The summed E-state index contributed by atoms with van der Waals surface area (Å²) in [5, 5.41) is 6.93. The Hall–Kier alpha value is -1.88. The van der Waals surface area contributed by atoms with Gasteiger partial charge in [0.2, 0.25) is 11.7 Å². The molecule has 18 heavy (non-hydrogen) atoms. The molecule has 0 fully saturated rings. The molecule has 1 N–H and O–H groups in total. The molecule has 2 aromatic rings. The van der Waals surface area contributed by atoms with Crippen LogP contribution in [0.2, 0.25) is 0 Å². The first kappa shape index (κ1) is 12.6. The van der Waals surface area contributed by atoms with Gasteiger partial charge in [-0.25, -0.2) is 0 Å². The summed E-state index contributed by atoms with van der Waals surface area (Å²) in [6.07, 6.45) is 0. The molecule has 0 radical (unpaired) electrons. The van der Waals surface area contributed by atoms with E-state index in [1.807, 2.05) is 32.2 Å². The van der Waals surface area contributed by atoms with Crippen LogP contribution in [-0.2, 0) is 13.2 Å². The standard InChI is InChI=1S/C13H17N3O2/c1-9-5-4-6-11(7-14-3)13(9)17-8-12-15-10(2)18-16-12/h4-6,14H,7-8H2,1-3H3. The van der Waals surface area contributed by atoms with E-state index in [2.05, 4.69) is 15.5 Å². The predicted molar refractivity (Wildman–Crippen MR) is 67.3 cm³/mol. The summed E-state index contributed by atoms with van der Waals surface area (Å²) >= 11 is 0. The number of rotatable bonds is 5. The van der Waals surface area contributed by atoms with Gasteiger partial charge in [0.05, 0.1) is 0 Å². The fourth-order valence-electron chi connectivity index (χ4n) is 1.79. The average molecular weight is 247 g/mol. The summed E-state index contributed by atoms with van der Waals surface area (Å²) in [5.74, 6) is 1.99. The Labute approximate surface area is 106 Å². The van der Waals surface area contributed by atoms with E-state index < -0.39 is 0 Å². The molecule has 0 aliphatic rings. The Morgan fingerprint density at radius 1 is 1.33 bits per heavy atom. The Balaban J connectivity index is 2.12. The molecule has 1 heterocycles. The van der Waals surface area contributed by atoms with E-state index in [-0.39, 0.29) is 0 Å². The number of hydrogen-bond acceptors (Lipinski definition) is 5. The zero-order chi connectivity index (χ0) is 13.0. The molecular weight excluding hydrogens is 230 g/mol. The smallest absolute Gasteiger partial charge is 0.223 e. The van der Waals surface area contributed by atoms with E-state index in [4.69, 9.17) is 9.26 Å². The average Bonchev–Trinajstić information content (AvgIpc) is 2.75. The van der Waals surface area contributed by atoms with Crippen molar-refractivity contribution in [3.05, 3.63) is 41.0 Å². The lowest BCUT2D eigenvalue weighted by molar-refractivity contribution is 0.281. The molecule has 5 heteroatoms. The maximum absolute atomic E-state index is 5.79. The SMILES string of the molecule is CNCc1cccc(C)c1OCc1noc(C)n1. The molecule has 5 nitrogen and oxygen atoms in total. The van der Waals surface area contributed by atoms with Crippen molar-refractivity contribution in [3.63, 3.8) is 0 Å². The first-order chi connectivity index (χ1) is 8.70. The van der Waals surface area contributed by atoms with E-state index in [0.717, 1.165) is 23.4 Å². The Kier molecular flexibility index (Phi) is 3.94. The van der Waals surface area contributed by atoms with E-state index in [1.54, 1.807) is 6.92 Å². The number of hydrogen-bond donors (Lipinski definition) is 1. The highest BCUT2D eigenvalue weighted by Crippen LogP contribution is 2.24. The number of ether oxygens (including phenoxy) is 1. The second kappa shape index (κ2) is 5.64. The van der Waals surface area contributed by atoms with Gasteiger partial charge in [0.1, 0.15) is 5.75 Å². The highest BCUT2D eigenvalue weighted by molar-refractivity contribution is 5.40. The molecule has 0 saturated heterocycles. The summed E-state index contributed by atoms with van der Waals surface area (Å²) < 4.78 is 10.7. The number of benzene rings is 1. The zero-order valence-electron chi connectivity index (χ0n) is 10.9. The van der Waals surface area contributed by atoms with Crippen LogP contribution in [0.15, 0.2) is 22.7 Å². The third-order valence-corrected chi connectivity index (χ3v) is 2.58. The molecule has 0 bridgehead atoms. The van der Waals surface area contributed by atoms with Crippen molar-refractivity contribution in [2.75, 3.05) is 7.05 Å². The van der Waals surface area contributed by atoms with Crippen LogP contribution in [0.3, 0.4) is 0 Å². The van der Waals surface area contributed by atoms with Gasteiger partial charge in [0.15, 0.2) is 6.61 Å². The first-order valence-corrected chi connectivity index (χ1v) is 5.85. The Bertz CT molecular complexity index is 523. The van der Waals surface area contributed by atoms with Crippen LogP contribution in [-0.4, -0.2) is 17.2 Å². The van der Waals surface area contributed by atoms with Crippen LogP contribution in [0.4, 0.5) is 0 Å². The molecule has 1 aromatic carbocycles. The highest BCUT2D eigenvalue weighted by Gasteiger charge is 2.09. The first-order valence-electron chi connectivity index (χ1n) is 5.85. The molecule has 0 aliphatic heterocycles. The monoisotopic (exact) mass is 247 g/mol. The van der Waals surface area contributed by atoms with Crippen LogP contribution in [0.25, 0.3) is 0 Å². The van der Waals surface area contributed by atoms with Gasteiger partial charge < -0.3 is 14.6 Å². The highest BCUT2D eigenvalue weighted by atomic mass is 16.5. The fourth-order valence-corrected chi connectivity index (χ4v) is 1.79. The van der Waals surface area contributed by atoms with Crippen LogP contribution in [0, 0.1) is 13.8 Å². The Morgan fingerprint density at radius 2 is 2.17 bits per heavy atom. The molecule has 2 rings (SSSR count). The molecule has 0 aliphatic carbocycles. The lowest BCUT2D eigenvalue weighted by Gasteiger charge is -2.12. The van der Waals surface area contributed by atoms with Crippen LogP contribution in [0.1, 0.15) is 22.8 Å². The van der Waals surface area contributed by atoms with E-state index in [0.29, 0.717) is 18.3 Å². The number of aryl methyl sites for hydroxylation is 2. The largest absolute Gasteiger partial charge is 0.485 e. The van der Waals surface area contributed by atoms with Crippen molar-refractivity contribution in [2.45, 2.75) is 27.0 Å². The molecule has 0 unspecified atom stereocenters. The summed E-state index contributed by atoms with van der Waals surface area (Å²) in [6.45, 7) is 4.87. The molecular formula is C13H17N3O2. The zero-order valence-corrected chi connectivity index (χ0v) is 10.9. The molecule has 0 saturated carbocycles. The second-order valence-electron chi connectivity index (χ2n) is 4.11. The van der Waals surface area contributed by atoms with Crippen molar-refractivity contribution in [2.24, 2.45) is 0 Å². The number of nitrogens with zero attached hydrogens (tertiary/aromatic N) is 2. The molecule has 96 valence electrons. The van der Waals surface area contributed by atoms with Gasteiger partial charge in [-0.3, -0.25) is 0 Å². The van der Waals surface area contributed by atoms with Gasteiger partial charge in [-0.15, -0.1) is 0 Å². The fraction of sp³-hybridized carbons (Fsp3) is 0.385. The van der Waals surface area contributed by atoms with Gasteiger partial charge in [-0.1, -0.05) is 23.4 Å². The van der Waals surface area contributed by atoms with Crippen molar-refractivity contribution < 1.29 is 9.26 Å². The van der Waals surface area contributed by atoms with Gasteiger partial charge in [-0.2, -0.15) is 4.98 Å². The van der Waals surface area contributed by atoms with Crippen LogP contribution in [0.5, 0.6) is 5.75 Å². The minimum absolute atomic E-state index is 0.318. The summed E-state index contributed by atoms with van der Waals surface area (Å²) in [5.41, 5.74) is 2.22. The van der Waals surface area contributed by atoms with E-state index in [9.17, 15) is 0 Å². The number of para-hydroxylation sites is 1. The van der Waals surface area contributed by atoms with Crippen molar-refractivity contribution >= 4 is 0 Å². The molecule has 1 aromatic heterocycles. The summed E-state index contributed by atoms with van der Waals surface area (Å²) in [4.78, 5) is 4.11. The summed E-state index contributed by atoms with van der Waals surface area (Å²) in [7, 11) is 1.91. The lowest BCUT2D eigenvalue weighted by atomic mass is 10.1.